The van der Waals surface area contributed by atoms with Gasteiger partial charge in [0, 0.05) is 17.9 Å². The Kier molecular flexibility index (Phi) is 7.72. The average Bonchev–Trinajstić information content (AvgIpc) is 3.31. The van der Waals surface area contributed by atoms with E-state index in [0.29, 0.717) is 35.3 Å². The van der Waals surface area contributed by atoms with Crippen molar-refractivity contribution >= 4 is 17.6 Å². The quantitative estimate of drug-likeness (QED) is 0.520. The highest BCUT2D eigenvalue weighted by Crippen LogP contribution is 2.38. The van der Waals surface area contributed by atoms with E-state index >= 15 is 0 Å². The van der Waals surface area contributed by atoms with Crippen molar-refractivity contribution in [2.45, 2.75) is 25.9 Å². The number of guanidine groups is 1. The fraction of sp³-hybridized carbons (Fsp3) is 0.391. The number of aryl methyl sites for hydroxylation is 1. The molecule has 8 nitrogen and oxygen atoms in total. The summed E-state index contributed by atoms with van der Waals surface area (Å²) >= 11 is 0. The van der Waals surface area contributed by atoms with Gasteiger partial charge >= 0.3 is 0 Å². The molecule has 0 unspecified atom stereocenters. The topological polar surface area (TPSA) is 90.4 Å². The Bertz CT molecular complexity index is 896. The first-order chi connectivity index (χ1) is 15.0. The fourth-order valence-corrected chi connectivity index (χ4v) is 3.26. The molecular weight excluding hydrogens is 398 g/mol. The minimum atomic E-state index is -0.357. The lowest BCUT2D eigenvalue weighted by Gasteiger charge is -2.16. The van der Waals surface area contributed by atoms with Gasteiger partial charge in [0.05, 0.1) is 34.0 Å². The first-order valence-corrected chi connectivity index (χ1v) is 10.1. The van der Waals surface area contributed by atoms with E-state index in [1.807, 2.05) is 31.2 Å². The normalized spacial score (nSPS) is 16.0. The SMILES string of the molecule is COc1cc(C(=O)NC(=NC[C@@H]2CCCO2)Nc2ccc(C)cc2)cc(OC)c1OC. The molecule has 0 radical (unpaired) electrons. The van der Waals surface area contributed by atoms with Gasteiger partial charge in [-0.05, 0) is 44.0 Å². The molecular formula is C23H29N3O5. The molecule has 0 bridgehead atoms. The molecule has 1 heterocycles. The highest BCUT2D eigenvalue weighted by molar-refractivity contribution is 6.10. The van der Waals surface area contributed by atoms with Gasteiger partial charge in [-0.1, -0.05) is 17.7 Å². The van der Waals surface area contributed by atoms with Gasteiger partial charge in [-0.3, -0.25) is 10.1 Å². The van der Waals surface area contributed by atoms with Crippen molar-refractivity contribution in [2.75, 3.05) is 39.8 Å². The number of hydrogen-bond donors (Lipinski definition) is 2. The Morgan fingerprint density at radius 3 is 2.32 bits per heavy atom. The van der Waals surface area contributed by atoms with E-state index in [2.05, 4.69) is 15.6 Å². The molecule has 1 aliphatic heterocycles. The van der Waals surface area contributed by atoms with E-state index in [1.165, 1.54) is 21.3 Å². The van der Waals surface area contributed by atoms with Crippen LogP contribution in [0.25, 0.3) is 0 Å². The van der Waals surface area contributed by atoms with Gasteiger partial charge in [0.1, 0.15) is 0 Å². The van der Waals surface area contributed by atoms with Gasteiger partial charge in [-0.2, -0.15) is 0 Å². The van der Waals surface area contributed by atoms with Gasteiger partial charge < -0.3 is 24.3 Å². The van der Waals surface area contributed by atoms with E-state index in [9.17, 15) is 4.79 Å². The van der Waals surface area contributed by atoms with Crippen molar-refractivity contribution in [2.24, 2.45) is 4.99 Å². The third kappa shape index (κ3) is 5.88. The molecule has 166 valence electrons. The molecule has 1 fully saturated rings. The first kappa shape index (κ1) is 22.4. The molecule has 0 saturated carbocycles. The van der Waals surface area contributed by atoms with Crippen LogP contribution >= 0.6 is 0 Å². The van der Waals surface area contributed by atoms with Gasteiger partial charge in [-0.25, -0.2) is 4.99 Å². The molecule has 3 rings (SSSR count). The highest BCUT2D eigenvalue weighted by Gasteiger charge is 2.19. The number of ether oxygens (including phenoxy) is 4. The summed E-state index contributed by atoms with van der Waals surface area (Å²) in [5.41, 5.74) is 2.32. The molecule has 31 heavy (non-hydrogen) atoms. The summed E-state index contributed by atoms with van der Waals surface area (Å²) < 4.78 is 21.7. The average molecular weight is 428 g/mol. The summed E-state index contributed by atoms with van der Waals surface area (Å²) in [6.45, 7) is 3.23. The number of rotatable bonds is 7. The van der Waals surface area contributed by atoms with Gasteiger partial charge in [0.15, 0.2) is 11.5 Å². The van der Waals surface area contributed by atoms with Gasteiger partial charge in [-0.15, -0.1) is 0 Å². The highest BCUT2D eigenvalue weighted by atomic mass is 16.5. The van der Waals surface area contributed by atoms with Gasteiger partial charge in [0.2, 0.25) is 11.7 Å². The Morgan fingerprint density at radius 1 is 1.10 bits per heavy atom. The lowest BCUT2D eigenvalue weighted by molar-refractivity contribution is 0.0974. The second kappa shape index (κ2) is 10.7. The first-order valence-electron chi connectivity index (χ1n) is 10.1. The van der Waals surface area contributed by atoms with Crippen LogP contribution in [-0.4, -0.2) is 52.5 Å². The molecule has 1 amide bonds. The zero-order valence-corrected chi connectivity index (χ0v) is 18.4. The summed E-state index contributed by atoms with van der Waals surface area (Å²) in [6, 6.07) is 11.0. The molecule has 0 aliphatic carbocycles. The zero-order valence-electron chi connectivity index (χ0n) is 18.4. The predicted octanol–water partition coefficient (Wildman–Crippen LogP) is 3.40. The van der Waals surface area contributed by atoms with Crippen LogP contribution in [0.5, 0.6) is 17.2 Å². The zero-order chi connectivity index (χ0) is 22.2. The van der Waals surface area contributed by atoms with Gasteiger partial charge in [0.25, 0.3) is 5.91 Å². The second-order valence-corrected chi connectivity index (χ2v) is 7.18. The van der Waals surface area contributed by atoms with Crippen LogP contribution in [-0.2, 0) is 4.74 Å². The van der Waals surface area contributed by atoms with E-state index in [-0.39, 0.29) is 12.0 Å². The maximum atomic E-state index is 13.0. The third-order valence-corrected chi connectivity index (χ3v) is 4.95. The molecule has 0 aromatic heterocycles. The Labute approximate surface area is 182 Å². The molecule has 2 aromatic rings. The maximum absolute atomic E-state index is 13.0. The largest absolute Gasteiger partial charge is 0.493 e. The molecule has 1 aliphatic rings. The van der Waals surface area contributed by atoms with E-state index < -0.39 is 0 Å². The molecule has 2 N–H and O–H groups in total. The lowest BCUT2D eigenvalue weighted by atomic mass is 10.1. The number of nitrogens with one attached hydrogen (secondary N) is 2. The molecule has 8 heteroatoms. The second-order valence-electron chi connectivity index (χ2n) is 7.18. The van der Waals surface area contributed by atoms with Crippen LogP contribution in [0.2, 0.25) is 0 Å². The Balaban J connectivity index is 1.82. The predicted molar refractivity (Wildman–Crippen MR) is 120 cm³/mol. The smallest absolute Gasteiger partial charge is 0.258 e. The van der Waals surface area contributed by atoms with Crippen molar-refractivity contribution in [3.8, 4) is 17.2 Å². The summed E-state index contributed by atoms with van der Waals surface area (Å²) in [4.78, 5) is 17.6. The van der Waals surface area contributed by atoms with Crippen molar-refractivity contribution in [3.63, 3.8) is 0 Å². The number of carbonyl (C=O) groups excluding carboxylic acids is 1. The van der Waals surface area contributed by atoms with Crippen molar-refractivity contribution in [1.29, 1.82) is 0 Å². The van der Waals surface area contributed by atoms with E-state index in [0.717, 1.165) is 30.7 Å². The van der Waals surface area contributed by atoms with Crippen LogP contribution in [0.3, 0.4) is 0 Å². The minimum Gasteiger partial charge on any atom is -0.493 e. The maximum Gasteiger partial charge on any atom is 0.258 e. The van der Waals surface area contributed by atoms with Crippen LogP contribution in [0.4, 0.5) is 5.69 Å². The number of benzene rings is 2. The minimum absolute atomic E-state index is 0.0629. The number of amides is 1. The number of nitrogens with zero attached hydrogens (tertiary/aromatic N) is 1. The van der Waals surface area contributed by atoms with Crippen LogP contribution in [0.1, 0.15) is 28.8 Å². The number of aliphatic imine (C=N–C) groups is 1. The molecule has 1 atom stereocenters. The number of anilines is 1. The molecule has 0 spiro atoms. The van der Waals surface area contributed by atoms with Crippen LogP contribution in [0, 0.1) is 6.92 Å². The van der Waals surface area contributed by atoms with E-state index in [1.54, 1.807) is 12.1 Å². The lowest BCUT2D eigenvalue weighted by Crippen LogP contribution is -2.36. The summed E-state index contributed by atoms with van der Waals surface area (Å²) in [7, 11) is 4.53. The fourth-order valence-electron chi connectivity index (χ4n) is 3.26. The third-order valence-electron chi connectivity index (χ3n) is 4.95. The monoisotopic (exact) mass is 427 g/mol. The van der Waals surface area contributed by atoms with Crippen molar-refractivity contribution < 1.29 is 23.7 Å². The number of hydrogen-bond acceptors (Lipinski definition) is 6. The van der Waals surface area contributed by atoms with E-state index in [4.69, 9.17) is 18.9 Å². The van der Waals surface area contributed by atoms with Crippen molar-refractivity contribution in [3.05, 3.63) is 47.5 Å². The molecule has 2 aromatic carbocycles. The molecule has 1 saturated heterocycles. The Morgan fingerprint density at radius 2 is 1.77 bits per heavy atom. The summed E-state index contributed by atoms with van der Waals surface area (Å²) in [5.74, 6) is 1.21. The van der Waals surface area contributed by atoms with Crippen LogP contribution in [0.15, 0.2) is 41.4 Å². The number of carbonyl (C=O) groups is 1. The standard InChI is InChI=1S/C23H29N3O5/c1-15-7-9-17(10-8-15)25-23(24-14-18-6-5-11-31-18)26-22(27)16-12-19(28-2)21(30-4)20(13-16)29-3/h7-10,12-13,18H,5-6,11,14H2,1-4H3,(H2,24,25,26,27)/t18-/m0/s1. The van der Waals surface area contributed by atoms with Crippen molar-refractivity contribution in [1.82, 2.24) is 5.32 Å². The van der Waals surface area contributed by atoms with Crippen LogP contribution < -0.4 is 24.8 Å². The summed E-state index contributed by atoms with van der Waals surface area (Å²) in [6.07, 6.45) is 2.05. The summed E-state index contributed by atoms with van der Waals surface area (Å²) in [5, 5.41) is 6.04. The number of methoxy groups -OCH3 is 3. The Hall–Kier alpha value is -3.26.